The van der Waals surface area contributed by atoms with Crippen molar-refractivity contribution in [2.24, 2.45) is 13.0 Å². The molecule has 1 N–H and O–H groups in total. The average molecular weight is 386 g/mol. The summed E-state index contributed by atoms with van der Waals surface area (Å²) in [5, 5.41) is 7.81. The van der Waals surface area contributed by atoms with Crippen LogP contribution in [0.2, 0.25) is 0 Å². The van der Waals surface area contributed by atoms with Crippen LogP contribution >= 0.6 is 0 Å². The second-order valence-electron chi connectivity index (χ2n) is 6.50. The van der Waals surface area contributed by atoms with Crippen LogP contribution < -0.4 is 10.1 Å². The zero-order valence-electron chi connectivity index (χ0n) is 14.6. The molecule has 0 radical (unpaired) electrons. The van der Waals surface area contributed by atoms with E-state index >= 15 is 0 Å². The highest BCUT2D eigenvalue weighted by Gasteiger charge is 2.33. The molecule has 140 valence electrons. The van der Waals surface area contributed by atoms with E-state index in [0.29, 0.717) is 29.1 Å². The molecule has 1 amide bonds. The highest BCUT2D eigenvalue weighted by Crippen LogP contribution is 2.35. The molecular formula is C18H18N4O4S. The molecule has 9 heteroatoms. The van der Waals surface area contributed by atoms with Crippen LogP contribution in [0.15, 0.2) is 42.7 Å². The summed E-state index contributed by atoms with van der Waals surface area (Å²) in [7, 11) is -1.37. The van der Waals surface area contributed by atoms with Gasteiger partial charge in [0.15, 0.2) is 15.7 Å². The highest BCUT2D eigenvalue weighted by molar-refractivity contribution is 7.91. The summed E-state index contributed by atoms with van der Waals surface area (Å²) in [4.78, 5) is 16.6. The van der Waals surface area contributed by atoms with Gasteiger partial charge in [-0.25, -0.2) is 8.42 Å². The van der Waals surface area contributed by atoms with Crippen molar-refractivity contribution in [1.82, 2.24) is 14.8 Å². The summed E-state index contributed by atoms with van der Waals surface area (Å²) < 4.78 is 30.9. The van der Waals surface area contributed by atoms with E-state index in [0.717, 1.165) is 5.52 Å². The van der Waals surface area contributed by atoms with Crippen molar-refractivity contribution < 1.29 is 17.9 Å². The molecular weight excluding hydrogens is 368 g/mol. The van der Waals surface area contributed by atoms with E-state index in [4.69, 9.17) is 4.74 Å². The zero-order valence-corrected chi connectivity index (χ0v) is 15.4. The number of anilines is 1. The van der Waals surface area contributed by atoms with Gasteiger partial charge in [-0.3, -0.25) is 14.5 Å². The van der Waals surface area contributed by atoms with Crippen LogP contribution in [0.25, 0.3) is 10.9 Å². The van der Waals surface area contributed by atoms with Crippen molar-refractivity contribution in [2.45, 2.75) is 6.42 Å². The number of fused-ring (bicyclic) bond motifs is 1. The molecule has 0 unspecified atom stereocenters. The van der Waals surface area contributed by atoms with Gasteiger partial charge in [-0.1, -0.05) is 6.07 Å². The lowest BCUT2D eigenvalue weighted by Crippen LogP contribution is -2.24. The molecule has 1 fully saturated rings. The monoisotopic (exact) mass is 386 g/mol. The quantitative estimate of drug-likeness (QED) is 0.737. The van der Waals surface area contributed by atoms with Gasteiger partial charge >= 0.3 is 0 Å². The van der Waals surface area contributed by atoms with Gasteiger partial charge in [-0.05, 0) is 30.7 Å². The predicted molar refractivity (Wildman–Crippen MR) is 100 cm³/mol. The number of ether oxygens (including phenoxy) is 1. The first-order valence-electron chi connectivity index (χ1n) is 8.48. The normalized spacial score (nSPS) is 18.5. The van der Waals surface area contributed by atoms with Crippen LogP contribution in [0, 0.1) is 5.92 Å². The van der Waals surface area contributed by atoms with E-state index in [-0.39, 0.29) is 17.4 Å². The Morgan fingerprint density at radius 3 is 2.85 bits per heavy atom. The number of rotatable bonds is 4. The molecule has 1 saturated heterocycles. The first-order valence-corrected chi connectivity index (χ1v) is 10.3. The van der Waals surface area contributed by atoms with Crippen LogP contribution in [0.3, 0.4) is 0 Å². The Morgan fingerprint density at radius 1 is 1.30 bits per heavy atom. The van der Waals surface area contributed by atoms with Crippen LogP contribution in [-0.2, 0) is 21.7 Å². The molecule has 0 aliphatic carbocycles. The summed E-state index contributed by atoms with van der Waals surface area (Å²) in [6.45, 7) is 0. The Kier molecular flexibility index (Phi) is 4.31. The second kappa shape index (κ2) is 6.66. The minimum atomic E-state index is -3.14. The van der Waals surface area contributed by atoms with Gasteiger partial charge in [0.2, 0.25) is 5.91 Å². The van der Waals surface area contributed by atoms with E-state index < -0.39 is 15.8 Å². The Bertz CT molecular complexity index is 1110. The number of benzene rings is 1. The van der Waals surface area contributed by atoms with E-state index in [2.05, 4.69) is 15.4 Å². The molecule has 0 spiro atoms. The number of aryl methyl sites for hydroxylation is 1. The maximum atomic E-state index is 12.5. The van der Waals surface area contributed by atoms with Crippen molar-refractivity contribution in [2.75, 3.05) is 16.8 Å². The largest absolute Gasteiger partial charge is 0.455 e. The number of aromatic nitrogens is 3. The number of nitrogens with zero attached hydrogens (tertiary/aromatic N) is 3. The summed E-state index contributed by atoms with van der Waals surface area (Å²) >= 11 is 0. The number of hydrogen-bond donors (Lipinski definition) is 1. The summed E-state index contributed by atoms with van der Waals surface area (Å²) in [6, 6.07) is 9.04. The third kappa shape index (κ3) is 3.50. The predicted octanol–water partition coefficient (Wildman–Crippen LogP) is 2.13. The Labute approximate surface area is 156 Å². The van der Waals surface area contributed by atoms with E-state index in [1.54, 1.807) is 42.3 Å². The number of nitrogens with one attached hydrogen (secondary N) is 1. The van der Waals surface area contributed by atoms with Gasteiger partial charge in [-0.15, -0.1) is 0 Å². The zero-order chi connectivity index (χ0) is 19.0. The molecule has 2 aromatic heterocycles. The third-order valence-corrected chi connectivity index (χ3v) is 6.31. The maximum Gasteiger partial charge on any atom is 0.229 e. The fourth-order valence-electron chi connectivity index (χ4n) is 3.21. The topological polar surface area (TPSA) is 103 Å². The van der Waals surface area contributed by atoms with Crippen molar-refractivity contribution in [3.63, 3.8) is 0 Å². The molecule has 1 aromatic carbocycles. The first-order chi connectivity index (χ1) is 12.9. The van der Waals surface area contributed by atoms with Gasteiger partial charge in [0.25, 0.3) is 0 Å². The SMILES string of the molecule is Cn1nc(NC(=O)[C@H]2CCS(=O)(=O)C2)c2c(Oc3cccnc3)cccc21. The fraction of sp³-hybridized carbons (Fsp3) is 0.278. The van der Waals surface area contributed by atoms with Crippen molar-refractivity contribution in [1.29, 1.82) is 0 Å². The number of amides is 1. The van der Waals surface area contributed by atoms with Crippen molar-refractivity contribution in [3.8, 4) is 11.5 Å². The van der Waals surface area contributed by atoms with E-state index in [1.807, 2.05) is 12.1 Å². The minimum Gasteiger partial charge on any atom is -0.455 e. The van der Waals surface area contributed by atoms with Crippen LogP contribution in [-0.4, -0.2) is 40.6 Å². The van der Waals surface area contributed by atoms with Gasteiger partial charge in [0.1, 0.15) is 11.5 Å². The van der Waals surface area contributed by atoms with Gasteiger partial charge < -0.3 is 10.1 Å². The lowest BCUT2D eigenvalue weighted by molar-refractivity contribution is -0.119. The number of sulfone groups is 1. The fourth-order valence-corrected chi connectivity index (χ4v) is 4.95. The number of carbonyl (C=O) groups is 1. The maximum absolute atomic E-state index is 12.5. The lowest BCUT2D eigenvalue weighted by atomic mass is 10.1. The Morgan fingerprint density at radius 2 is 2.15 bits per heavy atom. The van der Waals surface area contributed by atoms with Gasteiger partial charge in [0, 0.05) is 13.2 Å². The standard InChI is InChI=1S/C18H18N4O4S/c1-22-14-5-2-6-15(26-13-4-3-8-19-10-13)16(14)17(21-22)20-18(23)12-7-9-27(24,25)11-12/h2-6,8,10,12H,7,9,11H2,1H3,(H,20,21,23)/t12-/m0/s1. The van der Waals surface area contributed by atoms with Gasteiger partial charge in [-0.2, -0.15) is 5.10 Å². The van der Waals surface area contributed by atoms with Crippen LogP contribution in [0.5, 0.6) is 11.5 Å². The number of carbonyl (C=O) groups excluding carboxylic acids is 1. The summed E-state index contributed by atoms with van der Waals surface area (Å²) in [5.74, 6) is 0.467. The first kappa shape index (κ1) is 17.5. The minimum absolute atomic E-state index is 0.0451. The second-order valence-corrected chi connectivity index (χ2v) is 8.73. The van der Waals surface area contributed by atoms with E-state index in [1.165, 1.54) is 0 Å². The Hall–Kier alpha value is -2.94. The molecule has 4 rings (SSSR count). The lowest BCUT2D eigenvalue weighted by Gasteiger charge is -2.10. The Balaban J connectivity index is 1.68. The summed E-state index contributed by atoms with van der Waals surface area (Å²) in [5.41, 5.74) is 0.783. The van der Waals surface area contributed by atoms with Gasteiger partial charge in [0.05, 0.1) is 34.5 Å². The molecule has 3 heterocycles. The molecule has 1 atom stereocenters. The molecule has 1 aliphatic rings. The summed E-state index contributed by atoms with van der Waals surface area (Å²) in [6.07, 6.45) is 3.58. The molecule has 1 aliphatic heterocycles. The number of pyridine rings is 1. The van der Waals surface area contributed by atoms with Crippen molar-refractivity contribution >= 4 is 32.5 Å². The van der Waals surface area contributed by atoms with E-state index in [9.17, 15) is 13.2 Å². The molecule has 27 heavy (non-hydrogen) atoms. The smallest absolute Gasteiger partial charge is 0.229 e. The molecule has 0 bridgehead atoms. The average Bonchev–Trinajstić information content (AvgIpc) is 3.16. The molecule has 8 nitrogen and oxygen atoms in total. The molecule has 3 aromatic rings. The van der Waals surface area contributed by atoms with Crippen molar-refractivity contribution in [3.05, 3.63) is 42.7 Å². The third-order valence-electron chi connectivity index (χ3n) is 4.55. The van der Waals surface area contributed by atoms with Crippen LogP contribution in [0.4, 0.5) is 5.82 Å². The molecule has 0 saturated carbocycles. The van der Waals surface area contributed by atoms with Crippen LogP contribution in [0.1, 0.15) is 6.42 Å². The number of hydrogen-bond acceptors (Lipinski definition) is 6. The highest BCUT2D eigenvalue weighted by atomic mass is 32.2.